The van der Waals surface area contributed by atoms with E-state index in [0.29, 0.717) is 30.0 Å². The number of amides is 2. The molecule has 1 aliphatic carbocycles. The number of methoxy groups -OCH3 is 1. The minimum Gasteiger partial charge on any atom is -0.497 e. The third kappa shape index (κ3) is 6.05. The van der Waals surface area contributed by atoms with E-state index in [-0.39, 0.29) is 48.3 Å². The van der Waals surface area contributed by atoms with Gasteiger partial charge >= 0.3 is 0 Å². The molecule has 0 saturated heterocycles. The van der Waals surface area contributed by atoms with E-state index < -0.39 is 0 Å². The average Bonchev–Trinajstić information content (AvgIpc) is 2.88. The molecule has 4 rings (SSSR count). The number of carbonyl (C=O) groups is 2. The molecular weight excluding hydrogens is 470 g/mol. The van der Waals surface area contributed by atoms with Crippen molar-refractivity contribution in [1.82, 2.24) is 14.8 Å². The number of hydrogen-bond donors (Lipinski definition) is 1. The fourth-order valence-corrected chi connectivity index (χ4v) is 4.56. The van der Waals surface area contributed by atoms with Gasteiger partial charge in [0.15, 0.2) is 0 Å². The number of pyridine rings is 1. The van der Waals surface area contributed by atoms with E-state index in [1.807, 2.05) is 38.1 Å². The second kappa shape index (κ2) is 11.7. The molecule has 1 fully saturated rings. The third-order valence-corrected chi connectivity index (χ3v) is 7.23. The zero-order chi connectivity index (χ0) is 26.5. The molecule has 2 heterocycles. The maximum absolute atomic E-state index is 13.6. The van der Waals surface area contributed by atoms with Gasteiger partial charge in [0.1, 0.15) is 17.4 Å². The van der Waals surface area contributed by atoms with E-state index in [2.05, 4.69) is 16.8 Å². The van der Waals surface area contributed by atoms with Crippen LogP contribution >= 0.6 is 0 Å². The van der Waals surface area contributed by atoms with Crippen LogP contribution in [0.25, 0.3) is 0 Å². The summed E-state index contributed by atoms with van der Waals surface area (Å²) in [6, 6.07) is 8.72. The molecule has 0 spiro atoms. The SMILES string of the molecule is COc1cccc(C#Cc2cnc3c(c2)C(=O)N([C@H](C)CO)C[C@H](C)[C@H](CN(C)C(=O)C2CCC2)O3)c1. The highest BCUT2D eigenvalue weighted by atomic mass is 16.5. The summed E-state index contributed by atoms with van der Waals surface area (Å²) in [4.78, 5) is 34.2. The number of fused-ring (bicyclic) bond motifs is 1. The quantitative estimate of drug-likeness (QED) is 0.607. The Labute approximate surface area is 218 Å². The second-order valence-electron chi connectivity index (χ2n) is 10.0. The van der Waals surface area contributed by atoms with Crippen molar-refractivity contribution in [3.8, 4) is 23.5 Å². The van der Waals surface area contributed by atoms with Gasteiger partial charge in [0.2, 0.25) is 11.8 Å². The lowest BCUT2D eigenvalue weighted by molar-refractivity contribution is -0.138. The molecule has 1 aromatic heterocycles. The van der Waals surface area contributed by atoms with E-state index >= 15 is 0 Å². The van der Waals surface area contributed by atoms with Crippen LogP contribution in [-0.2, 0) is 4.79 Å². The van der Waals surface area contributed by atoms with E-state index in [1.54, 1.807) is 36.2 Å². The molecule has 1 saturated carbocycles. The number of aromatic nitrogens is 1. The maximum Gasteiger partial charge on any atom is 0.259 e. The molecule has 196 valence electrons. The van der Waals surface area contributed by atoms with Crippen LogP contribution in [0, 0.1) is 23.7 Å². The first kappa shape index (κ1) is 26.5. The van der Waals surface area contributed by atoms with Crippen molar-refractivity contribution in [3.05, 3.63) is 53.2 Å². The van der Waals surface area contributed by atoms with Crippen molar-refractivity contribution < 1.29 is 24.2 Å². The zero-order valence-corrected chi connectivity index (χ0v) is 21.9. The summed E-state index contributed by atoms with van der Waals surface area (Å²) in [7, 11) is 3.41. The highest BCUT2D eigenvalue weighted by Gasteiger charge is 2.36. The summed E-state index contributed by atoms with van der Waals surface area (Å²) >= 11 is 0. The second-order valence-corrected chi connectivity index (χ2v) is 10.0. The number of carbonyl (C=O) groups excluding carboxylic acids is 2. The number of hydrogen-bond acceptors (Lipinski definition) is 6. The first-order valence-corrected chi connectivity index (χ1v) is 12.8. The summed E-state index contributed by atoms with van der Waals surface area (Å²) in [5, 5.41) is 9.86. The lowest BCUT2D eigenvalue weighted by Crippen LogP contribution is -2.51. The molecule has 0 unspecified atom stereocenters. The lowest BCUT2D eigenvalue weighted by Gasteiger charge is -2.38. The molecule has 2 aliphatic rings. The van der Waals surface area contributed by atoms with Crippen molar-refractivity contribution in [2.75, 3.05) is 33.9 Å². The van der Waals surface area contributed by atoms with Gasteiger partial charge in [-0.15, -0.1) is 0 Å². The van der Waals surface area contributed by atoms with Crippen molar-refractivity contribution in [2.45, 2.75) is 45.3 Å². The summed E-state index contributed by atoms with van der Waals surface area (Å²) in [6.07, 6.45) is 4.19. The molecule has 2 aromatic rings. The highest BCUT2D eigenvalue weighted by molar-refractivity contribution is 5.97. The smallest absolute Gasteiger partial charge is 0.259 e. The minimum atomic E-state index is -0.387. The average molecular weight is 506 g/mol. The van der Waals surface area contributed by atoms with Gasteiger partial charge in [-0.3, -0.25) is 9.59 Å². The summed E-state index contributed by atoms with van der Waals surface area (Å²) in [5.41, 5.74) is 1.64. The Hall–Kier alpha value is -3.57. The van der Waals surface area contributed by atoms with Gasteiger partial charge in [0.25, 0.3) is 5.91 Å². The number of benzene rings is 1. The van der Waals surface area contributed by atoms with Crippen LogP contribution in [0.5, 0.6) is 11.6 Å². The number of likely N-dealkylation sites (N-methyl/N-ethyl adjacent to an activating group) is 1. The van der Waals surface area contributed by atoms with Crippen molar-refractivity contribution in [2.24, 2.45) is 11.8 Å². The number of ether oxygens (including phenoxy) is 2. The van der Waals surface area contributed by atoms with Crippen LogP contribution < -0.4 is 9.47 Å². The molecule has 37 heavy (non-hydrogen) atoms. The van der Waals surface area contributed by atoms with Gasteiger partial charge in [-0.1, -0.05) is 31.3 Å². The van der Waals surface area contributed by atoms with Crippen LogP contribution in [0.3, 0.4) is 0 Å². The molecule has 3 atom stereocenters. The van der Waals surface area contributed by atoms with Crippen molar-refractivity contribution >= 4 is 11.8 Å². The molecule has 1 aromatic carbocycles. The number of aliphatic hydroxyl groups is 1. The van der Waals surface area contributed by atoms with Crippen LogP contribution in [0.15, 0.2) is 36.5 Å². The molecule has 0 bridgehead atoms. The number of rotatable bonds is 6. The Morgan fingerprint density at radius 2 is 2.05 bits per heavy atom. The van der Waals surface area contributed by atoms with E-state index in [1.165, 1.54) is 0 Å². The van der Waals surface area contributed by atoms with Gasteiger partial charge in [-0.25, -0.2) is 4.98 Å². The minimum absolute atomic E-state index is 0.0860. The predicted molar refractivity (Wildman–Crippen MR) is 139 cm³/mol. The lowest BCUT2D eigenvalue weighted by atomic mass is 9.84. The van der Waals surface area contributed by atoms with Gasteiger partial charge in [-0.05, 0) is 44.0 Å². The maximum atomic E-state index is 13.6. The van der Waals surface area contributed by atoms with Crippen LogP contribution in [-0.4, -0.2) is 77.7 Å². The predicted octanol–water partition coefficient (Wildman–Crippen LogP) is 2.97. The molecule has 0 radical (unpaired) electrons. The topological polar surface area (TPSA) is 92.2 Å². The van der Waals surface area contributed by atoms with Gasteiger partial charge in [0.05, 0.1) is 26.3 Å². The molecule has 1 N–H and O–H groups in total. The normalized spacial score (nSPS) is 20.2. The molecule has 2 amide bonds. The van der Waals surface area contributed by atoms with E-state index in [4.69, 9.17) is 9.47 Å². The molecule has 1 aliphatic heterocycles. The monoisotopic (exact) mass is 505 g/mol. The summed E-state index contributed by atoms with van der Waals surface area (Å²) in [6.45, 7) is 4.42. The summed E-state index contributed by atoms with van der Waals surface area (Å²) < 4.78 is 11.6. The third-order valence-electron chi connectivity index (χ3n) is 7.23. The Morgan fingerprint density at radius 1 is 1.30 bits per heavy atom. The fourth-order valence-electron chi connectivity index (χ4n) is 4.56. The van der Waals surface area contributed by atoms with Crippen LogP contribution in [0.2, 0.25) is 0 Å². The fraction of sp³-hybridized carbons (Fsp3) is 0.483. The number of nitrogens with zero attached hydrogens (tertiary/aromatic N) is 3. The highest BCUT2D eigenvalue weighted by Crippen LogP contribution is 2.30. The Bertz CT molecular complexity index is 1200. The number of aliphatic hydroxyl groups excluding tert-OH is 1. The standard InChI is InChI=1S/C29H35N3O5/c1-19-16-32(20(2)18-33)29(35)25-14-22(12-11-21-7-5-10-24(13-21)36-4)15-30-27(25)37-26(19)17-31(3)28(34)23-8-6-9-23/h5,7,10,13-15,19-20,23,26,33H,6,8-9,16-18H2,1-4H3/t19-,20+,26-/m0/s1. The van der Waals surface area contributed by atoms with E-state index in [0.717, 1.165) is 24.8 Å². The van der Waals surface area contributed by atoms with Crippen LogP contribution in [0.4, 0.5) is 0 Å². The Balaban J connectivity index is 1.64. The van der Waals surface area contributed by atoms with Gasteiger partial charge in [0, 0.05) is 42.8 Å². The largest absolute Gasteiger partial charge is 0.497 e. The Kier molecular flexibility index (Phi) is 8.34. The van der Waals surface area contributed by atoms with Gasteiger partial charge < -0.3 is 24.4 Å². The van der Waals surface area contributed by atoms with Crippen LogP contribution in [0.1, 0.15) is 54.6 Å². The molecule has 8 nitrogen and oxygen atoms in total. The zero-order valence-electron chi connectivity index (χ0n) is 21.9. The first-order chi connectivity index (χ1) is 17.8. The Morgan fingerprint density at radius 3 is 2.73 bits per heavy atom. The van der Waals surface area contributed by atoms with Crippen molar-refractivity contribution in [1.29, 1.82) is 0 Å². The molecule has 8 heteroatoms. The van der Waals surface area contributed by atoms with E-state index in [9.17, 15) is 14.7 Å². The first-order valence-electron chi connectivity index (χ1n) is 12.8. The molecular formula is C29H35N3O5. The summed E-state index contributed by atoms with van der Waals surface area (Å²) in [5.74, 6) is 6.96. The van der Waals surface area contributed by atoms with Gasteiger partial charge in [-0.2, -0.15) is 0 Å². The van der Waals surface area contributed by atoms with Crippen molar-refractivity contribution in [3.63, 3.8) is 0 Å².